The third kappa shape index (κ3) is 8.98. The molecule has 0 spiro atoms. The summed E-state index contributed by atoms with van der Waals surface area (Å²) in [6.07, 6.45) is 0. The highest BCUT2D eigenvalue weighted by Crippen LogP contribution is 2.54. The third-order valence-electron chi connectivity index (χ3n) is 31.0. The van der Waals surface area contributed by atoms with E-state index in [2.05, 4.69) is 467 Å². The van der Waals surface area contributed by atoms with Crippen LogP contribution < -0.4 is 0 Å². The molecule has 35 rings (SSSR count). The Kier molecular flexibility index (Phi) is 13.6. The molecule has 11 heterocycles. The van der Waals surface area contributed by atoms with Crippen LogP contribution in [0.5, 0.6) is 0 Å². The Hall–Kier alpha value is -18.3. The molecule has 0 saturated carbocycles. The lowest BCUT2D eigenvalue weighted by Crippen LogP contribution is -1.96. The van der Waals surface area contributed by atoms with E-state index in [1.165, 1.54) is 273 Å². The van der Waals surface area contributed by atoms with Crippen molar-refractivity contribution < 1.29 is 0 Å². The van der Waals surface area contributed by atoms with Crippen LogP contribution in [0.1, 0.15) is 0 Å². The van der Waals surface area contributed by atoms with Gasteiger partial charge in [0.25, 0.3) is 0 Å². The zero-order valence-corrected chi connectivity index (χ0v) is 73.0. The molecule has 9 nitrogen and oxygen atoms in total. The van der Waals surface area contributed by atoms with Crippen LogP contribution >= 0.6 is 0 Å². The first kappa shape index (κ1) is 71.5. The smallest absolute Gasteiger partial charge is 0.220 e. The van der Waals surface area contributed by atoms with Gasteiger partial charge >= 0.3 is 0 Å². The van der Waals surface area contributed by atoms with Gasteiger partial charge in [0.15, 0.2) is 0 Å². The summed E-state index contributed by atoms with van der Waals surface area (Å²) in [5.74, 6) is 0.922. The van der Waals surface area contributed by atoms with Crippen LogP contribution in [0.15, 0.2) is 431 Å². The summed E-state index contributed by atoms with van der Waals surface area (Å²) in [6.45, 7) is 0. The maximum atomic E-state index is 5.16. The lowest BCUT2D eigenvalue weighted by atomic mass is 9.91. The molecule has 24 aromatic carbocycles. The first-order chi connectivity index (χ1) is 67.6. The monoisotopic (exact) mass is 1720 g/mol. The highest BCUT2D eigenvalue weighted by atomic mass is 15.2. The van der Waals surface area contributed by atoms with Gasteiger partial charge < -0.3 is 26.9 Å². The summed E-state index contributed by atoms with van der Waals surface area (Å²) in [7, 11) is 0. The zero-order chi connectivity index (χ0) is 87.9. The zero-order valence-electron chi connectivity index (χ0n) is 73.0. The van der Waals surface area contributed by atoms with E-state index in [9.17, 15) is 0 Å². The molecule has 0 radical (unpaired) electrons. The Morgan fingerprint density at radius 2 is 0.434 bits per heavy atom. The maximum Gasteiger partial charge on any atom is 0.220 e. The lowest BCUT2D eigenvalue weighted by molar-refractivity contribution is 1.11. The number of para-hydroxylation sites is 12. The molecule has 136 heavy (non-hydrogen) atoms. The summed E-state index contributed by atoms with van der Waals surface area (Å²) in [5.41, 5.74) is 30.6. The number of fused-ring (bicyclic) bond motifs is 35. The molecule has 0 atom stereocenters. The number of hydrogen-bond donors (Lipinski definition) is 0. The second-order valence-electron chi connectivity index (χ2n) is 37.4. The van der Waals surface area contributed by atoms with Gasteiger partial charge in [0.2, 0.25) is 5.78 Å². The fourth-order valence-corrected chi connectivity index (χ4v) is 25.7. The van der Waals surface area contributed by atoms with E-state index in [1.807, 2.05) is 0 Å². The van der Waals surface area contributed by atoms with E-state index in [4.69, 9.17) is 4.98 Å². The molecule has 0 unspecified atom stereocenters. The molecular weight excluding hydrogens is 1650 g/mol. The van der Waals surface area contributed by atoms with Crippen molar-refractivity contribution in [2.45, 2.75) is 0 Å². The van der Waals surface area contributed by atoms with Gasteiger partial charge in [-0.05, 0) is 216 Å². The first-order valence-corrected chi connectivity index (χ1v) is 47.1. The molecule has 624 valence electrons. The van der Waals surface area contributed by atoms with Crippen LogP contribution in [0.25, 0.3) is 306 Å². The summed E-state index contributed by atoms with van der Waals surface area (Å²) < 4.78 is 19.4. The normalized spacial score (nSPS) is 12.7. The van der Waals surface area contributed by atoms with E-state index in [0.29, 0.717) is 0 Å². The number of hydrogen-bond acceptors (Lipinski definition) is 1. The van der Waals surface area contributed by atoms with Gasteiger partial charge in [-0.25, -0.2) is 4.98 Å². The quantitative estimate of drug-likeness (QED) is 0.158. The van der Waals surface area contributed by atoms with Gasteiger partial charge in [0, 0.05) is 125 Å². The van der Waals surface area contributed by atoms with Crippen LogP contribution in [0.4, 0.5) is 0 Å². The second-order valence-corrected chi connectivity index (χ2v) is 37.4. The first-order valence-electron chi connectivity index (χ1n) is 47.1. The SMILES string of the molecule is c1ccc(-n2c3c(-c4ccc5c(c4)c4ccc6c7ccccc7n7c8cccc5c8c4c67)cccc3n3c4ccccc4nc23)cc1.c1ccc2c(c1)c1ccccc1n2-c1ccc2c(c1)c1ccc3c4cc(-n5c6ccccc6c6ccccc65)ccc4n4c5cccc2c5c1c34.c1ccc2c(c1)c1ccccc1n2-c1ccc2c(c1)c1ccc3c4ccccc4n4c5cccc2c5c1c34. The van der Waals surface area contributed by atoms with Crippen molar-refractivity contribution in [3.8, 4) is 33.9 Å². The van der Waals surface area contributed by atoms with Crippen molar-refractivity contribution in [3.63, 3.8) is 0 Å². The molecule has 0 saturated heterocycles. The molecule has 0 aliphatic heterocycles. The van der Waals surface area contributed by atoms with Crippen LogP contribution in [0, 0.1) is 0 Å². The number of imidazole rings is 2. The van der Waals surface area contributed by atoms with Crippen molar-refractivity contribution in [1.29, 1.82) is 0 Å². The highest BCUT2D eigenvalue weighted by Gasteiger charge is 2.30. The van der Waals surface area contributed by atoms with E-state index < -0.39 is 0 Å². The van der Waals surface area contributed by atoms with Crippen LogP contribution in [-0.4, -0.2) is 40.9 Å². The van der Waals surface area contributed by atoms with Crippen LogP contribution in [0.3, 0.4) is 0 Å². The van der Waals surface area contributed by atoms with Gasteiger partial charge in [-0.2, -0.15) is 0 Å². The molecule has 0 amide bonds. The topological polar surface area (TPSA) is 50.2 Å². The molecule has 11 aromatic heterocycles. The van der Waals surface area contributed by atoms with Crippen LogP contribution in [-0.2, 0) is 0 Å². The molecular formula is C127H71N9. The molecule has 0 N–H and O–H groups in total. The molecule has 0 fully saturated rings. The van der Waals surface area contributed by atoms with E-state index in [1.54, 1.807) is 0 Å². The minimum atomic E-state index is 0.922. The molecule has 35 aromatic rings. The van der Waals surface area contributed by atoms with Crippen molar-refractivity contribution in [2.75, 3.05) is 0 Å². The van der Waals surface area contributed by atoms with Gasteiger partial charge in [-0.15, -0.1) is 0 Å². The van der Waals surface area contributed by atoms with Crippen molar-refractivity contribution in [3.05, 3.63) is 431 Å². The van der Waals surface area contributed by atoms with E-state index in [0.717, 1.165) is 33.5 Å². The summed E-state index contributed by atoms with van der Waals surface area (Å²) in [6, 6.07) is 159. The number of nitrogens with zero attached hydrogens (tertiary/aromatic N) is 9. The van der Waals surface area contributed by atoms with E-state index >= 15 is 0 Å². The van der Waals surface area contributed by atoms with Crippen molar-refractivity contribution in [2.24, 2.45) is 0 Å². The Morgan fingerprint density at radius 1 is 0.140 bits per heavy atom. The highest BCUT2D eigenvalue weighted by molar-refractivity contribution is 6.42. The molecule has 0 aliphatic rings. The average Bonchev–Trinajstić information content (AvgIpc) is 1.50. The van der Waals surface area contributed by atoms with Gasteiger partial charge in [-0.1, -0.05) is 285 Å². The Balaban J connectivity index is 0.0000000925. The largest absolute Gasteiger partial charge is 0.309 e. The van der Waals surface area contributed by atoms with Crippen molar-refractivity contribution >= 4 is 272 Å². The van der Waals surface area contributed by atoms with Crippen molar-refractivity contribution in [1.82, 2.24) is 40.9 Å². The van der Waals surface area contributed by atoms with Crippen LogP contribution in [0.2, 0.25) is 0 Å². The third-order valence-corrected chi connectivity index (χ3v) is 31.0. The summed E-state index contributed by atoms with van der Waals surface area (Å²) in [5, 5.41) is 39.5. The standard InChI is InChI=1S/C48H27N3.C43H24N4.C36H20N2/c1-5-15-40-31(10-1)32-11-2-6-16-41(32)49(40)28-20-22-30-35-14-9-19-45-46(35)47-36(38(30)26-28)23-24-37-39-27-29(21-25-44(39)51(45)48(37)47)50-42-17-7-3-12-33(42)34-13-4-8-18-43(34)50;1-2-10-26(11-3-1)45-41-27(13-8-19-38(41)47-36-17-7-5-15-34(36)44-43(45)47)25-20-21-28-30-14-9-18-37-39(30)40-31(33(28)24-25)22-23-32-29-12-4-6-16-35(29)46(37)42(32)40;1-4-12-30-23(8-1)24-9-2-5-13-31(24)37(30)21-16-17-22-26-11-7-15-33-34(26)35-27(29(22)20-21)18-19-28-25-10-3-6-14-32(25)38(33)36(28)35/h1-27H;1-24H;1-20H. The van der Waals surface area contributed by atoms with E-state index in [-0.39, 0.29) is 0 Å². The number of benzene rings is 24. The minimum absolute atomic E-state index is 0.922. The molecule has 9 heteroatoms. The molecule has 0 aliphatic carbocycles. The molecule has 0 bridgehead atoms. The number of rotatable bonds is 5. The second kappa shape index (κ2) is 25.9. The minimum Gasteiger partial charge on any atom is -0.309 e. The summed E-state index contributed by atoms with van der Waals surface area (Å²) >= 11 is 0. The fourth-order valence-electron chi connectivity index (χ4n) is 25.7. The number of aromatic nitrogens is 9. The summed E-state index contributed by atoms with van der Waals surface area (Å²) in [4.78, 5) is 5.16. The van der Waals surface area contributed by atoms with Gasteiger partial charge in [0.1, 0.15) is 0 Å². The average molecular weight is 1720 g/mol. The lowest BCUT2D eigenvalue weighted by Gasteiger charge is -2.13. The fraction of sp³-hybridized carbons (Fsp3) is 0. The van der Waals surface area contributed by atoms with Gasteiger partial charge in [-0.3, -0.25) is 8.97 Å². The maximum absolute atomic E-state index is 5.16. The Labute approximate surface area is 772 Å². The predicted octanol–water partition coefficient (Wildman–Crippen LogP) is 33.4. The predicted molar refractivity (Wildman–Crippen MR) is 573 cm³/mol. The van der Waals surface area contributed by atoms with Gasteiger partial charge in [0.05, 0.1) is 105 Å². The Morgan fingerprint density at radius 3 is 0.868 bits per heavy atom. The Bertz CT molecular complexity index is 11200.